The van der Waals surface area contributed by atoms with Crippen LogP contribution in [0.3, 0.4) is 0 Å². The molecule has 1 N–H and O–H groups in total. The fourth-order valence-electron chi connectivity index (χ4n) is 4.06. The molecule has 1 fully saturated rings. The SMILES string of the molecule is C=CC(=O)N1C[C@@H](Oc2ccccc2)C[C@H]1C(=O)Nc1c2c(nn1C)CCC2. The molecule has 7 heteroatoms. The van der Waals surface area contributed by atoms with E-state index in [4.69, 9.17) is 4.74 Å². The van der Waals surface area contributed by atoms with Crippen molar-refractivity contribution in [1.82, 2.24) is 14.7 Å². The molecule has 7 nitrogen and oxygen atoms in total. The molecule has 28 heavy (non-hydrogen) atoms. The Morgan fingerprint density at radius 1 is 1.29 bits per heavy atom. The van der Waals surface area contributed by atoms with Gasteiger partial charge in [-0.05, 0) is 37.5 Å². The van der Waals surface area contributed by atoms with E-state index in [0.29, 0.717) is 13.0 Å². The lowest BCUT2D eigenvalue weighted by molar-refractivity contribution is -0.132. The highest BCUT2D eigenvalue weighted by molar-refractivity contribution is 5.99. The van der Waals surface area contributed by atoms with Crippen LogP contribution in [-0.4, -0.2) is 45.2 Å². The summed E-state index contributed by atoms with van der Waals surface area (Å²) in [6.07, 6.45) is 4.33. The van der Waals surface area contributed by atoms with Gasteiger partial charge in [0.2, 0.25) is 11.8 Å². The number of nitrogens with one attached hydrogen (secondary N) is 1. The zero-order chi connectivity index (χ0) is 19.7. The summed E-state index contributed by atoms with van der Waals surface area (Å²) in [5.74, 6) is 0.974. The van der Waals surface area contributed by atoms with E-state index in [0.717, 1.165) is 42.1 Å². The van der Waals surface area contributed by atoms with Gasteiger partial charge in [-0.3, -0.25) is 14.3 Å². The Morgan fingerprint density at radius 3 is 2.82 bits per heavy atom. The molecule has 0 spiro atoms. The van der Waals surface area contributed by atoms with E-state index in [-0.39, 0.29) is 17.9 Å². The van der Waals surface area contributed by atoms with Crippen LogP contribution in [0, 0.1) is 0 Å². The molecule has 2 atom stereocenters. The number of anilines is 1. The lowest BCUT2D eigenvalue weighted by Crippen LogP contribution is -2.42. The van der Waals surface area contributed by atoms with Crippen molar-refractivity contribution in [2.24, 2.45) is 7.05 Å². The molecule has 0 unspecified atom stereocenters. The van der Waals surface area contributed by atoms with Gasteiger partial charge in [-0.2, -0.15) is 5.10 Å². The fourth-order valence-corrected chi connectivity index (χ4v) is 4.06. The molecule has 0 radical (unpaired) electrons. The van der Waals surface area contributed by atoms with Gasteiger partial charge < -0.3 is 15.0 Å². The molecule has 1 aliphatic heterocycles. The lowest BCUT2D eigenvalue weighted by Gasteiger charge is -2.22. The molecule has 1 saturated heterocycles. The van der Waals surface area contributed by atoms with E-state index in [1.807, 2.05) is 37.4 Å². The minimum absolute atomic E-state index is 0.216. The van der Waals surface area contributed by atoms with Crippen LogP contribution in [0.15, 0.2) is 43.0 Å². The predicted molar refractivity (Wildman–Crippen MR) is 105 cm³/mol. The summed E-state index contributed by atoms with van der Waals surface area (Å²) in [6, 6.07) is 8.83. The van der Waals surface area contributed by atoms with E-state index in [1.54, 1.807) is 4.68 Å². The van der Waals surface area contributed by atoms with Crippen LogP contribution in [0.25, 0.3) is 0 Å². The zero-order valence-corrected chi connectivity index (χ0v) is 15.9. The highest BCUT2D eigenvalue weighted by Crippen LogP contribution is 2.29. The summed E-state index contributed by atoms with van der Waals surface area (Å²) in [5, 5.41) is 7.50. The number of carbonyl (C=O) groups excluding carboxylic acids is 2. The average Bonchev–Trinajstić information content (AvgIpc) is 3.39. The molecule has 1 aromatic carbocycles. The number of para-hydroxylation sites is 1. The maximum atomic E-state index is 13.1. The third kappa shape index (κ3) is 3.40. The van der Waals surface area contributed by atoms with E-state index >= 15 is 0 Å². The maximum Gasteiger partial charge on any atom is 0.248 e. The number of fused-ring (bicyclic) bond motifs is 1. The number of amides is 2. The molecule has 2 amide bonds. The third-order valence-corrected chi connectivity index (χ3v) is 5.38. The van der Waals surface area contributed by atoms with Crippen LogP contribution < -0.4 is 10.1 Å². The van der Waals surface area contributed by atoms with E-state index < -0.39 is 6.04 Å². The first-order valence-corrected chi connectivity index (χ1v) is 9.57. The first-order chi connectivity index (χ1) is 13.6. The summed E-state index contributed by atoms with van der Waals surface area (Å²) < 4.78 is 7.70. The maximum absolute atomic E-state index is 13.1. The van der Waals surface area contributed by atoms with Gasteiger partial charge in [0.25, 0.3) is 0 Å². The predicted octanol–water partition coefficient (Wildman–Crippen LogP) is 2.08. The number of hydrogen-bond donors (Lipinski definition) is 1. The van der Waals surface area contributed by atoms with Crippen molar-refractivity contribution in [2.45, 2.75) is 37.8 Å². The van der Waals surface area contributed by atoms with Crippen LogP contribution in [0.5, 0.6) is 5.75 Å². The molecule has 0 saturated carbocycles. The van der Waals surface area contributed by atoms with Crippen molar-refractivity contribution >= 4 is 17.6 Å². The van der Waals surface area contributed by atoms with Crippen LogP contribution in [0.1, 0.15) is 24.1 Å². The Bertz CT molecular complexity index is 906. The van der Waals surface area contributed by atoms with Crippen molar-refractivity contribution in [1.29, 1.82) is 0 Å². The van der Waals surface area contributed by atoms with Gasteiger partial charge in [-0.1, -0.05) is 24.8 Å². The van der Waals surface area contributed by atoms with Crippen molar-refractivity contribution in [2.75, 3.05) is 11.9 Å². The number of aryl methyl sites for hydroxylation is 2. The van der Waals surface area contributed by atoms with E-state index in [1.165, 1.54) is 11.0 Å². The number of rotatable bonds is 5. The lowest BCUT2D eigenvalue weighted by atomic mass is 10.1. The summed E-state index contributed by atoms with van der Waals surface area (Å²) in [5.41, 5.74) is 2.15. The summed E-state index contributed by atoms with van der Waals surface area (Å²) in [4.78, 5) is 26.9. The highest BCUT2D eigenvalue weighted by Gasteiger charge is 2.40. The zero-order valence-electron chi connectivity index (χ0n) is 15.9. The number of ether oxygens (including phenoxy) is 1. The standard InChI is InChI=1S/C21H24N4O3/c1-3-19(26)25-13-15(28-14-8-5-4-6-9-14)12-18(25)21(27)22-20-16-10-7-11-17(16)23-24(20)2/h3-6,8-9,15,18H,1,7,10-13H2,2H3,(H,22,27)/t15-,18-/m0/s1. The molecular weight excluding hydrogens is 356 g/mol. The second-order valence-corrected chi connectivity index (χ2v) is 7.24. The van der Waals surface area contributed by atoms with Crippen molar-refractivity contribution in [3.8, 4) is 5.75 Å². The van der Waals surface area contributed by atoms with Crippen LogP contribution in [0.2, 0.25) is 0 Å². The average molecular weight is 380 g/mol. The molecule has 1 aliphatic carbocycles. The van der Waals surface area contributed by atoms with Crippen molar-refractivity contribution in [3.63, 3.8) is 0 Å². The molecule has 4 rings (SSSR count). The monoisotopic (exact) mass is 380 g/mol. The number of likely N-dealkylation sites (tertiary alicyclic amines) is 1. The summed E-state index contributed by atoms with van der Waals surface area (Å²) >= 11 is 0. The number of aromatic nitrogens is 2. The second kappa shape index (κ2) is 7.50. The quantitative estimate of drug-likeness (QED) is 0.806. The van der Waals surface area contributed by atoms with Crippen LogP contribution in [0.4, 0.5) is 5.82 Å². The molecule has 2 heterocycles. The van der Waals surface area contributed by atoms with Gasteiger partial charge in [-0.15, -0.1) is 0 Å². The molecule has 2 aromatic rings. The van der Waals surface area contributed by atoms with Crippen LogP contribution >= 0.6 is 0 Å². The van der Waals surface area contributed by atoms with Gasteiger partial charge in [0, 0.05) is 19.0 Å². The summed E-state index contributed by atoms with van der Waals surface area (Å²) in [6.45, 7) is 3.92. The van der Waals surface area contributed by atoms with Gasteiger partial charge in [0.1, 0.15) is 23.7 Å². The normalized spacial score (nSPS) is 20.7. The fraction of sp³-hybridized carbons (Fsp3) is 0.381. The van der Waals surface area contributed by atoms with Gasteiger partial charge in [0.15, 0.2) is 0 Å². The van der Waals surface area contributed by atoms with E-state index in [9.17, 15) is 9.59 Å². The smallest absolute Gasteiger partial charge is 0.248 e. The number of carbonyl (C=O) groups is 2. The largest absolute Gasteiger partial charge is 0.488 e. The molecule has 146 valence electrons. The van der Waals surface area contributed by atoms with Gasteiger partial charge >= 0.3 is 0 Å². The Kier molecular flexibility index (Phi) is 4.90. The first-order valence-electron chi connectivity index (χ1n) is 9.57. The van der Waals surface area contributed by atoms with E-state index in [2.05, 4.69) is 17.0 Å². The van der Waals surface area contributed by atoms with Crippen LogP contribution in [-0.2, 0) is 29.5 Å². The Balaban J connectivity index is 1.51. The molecule has 1 aromatic heterocycles. The third-order valence-electron chi connectivity index (χ3n) is 5.38. The molecule has 0 bridgehead atoms. The topological polar surface area (TPSA) is 76.5 Å². The summed E-state index contributed by atoms with van der Waals surface area (Å²) in [7, 11) is 1.83. The number of hydrogen-bond acceptors (Lipinski definition) is 4. The molecule has 2 aliphatic rings. The highest BCUT2D eigenvalue weighted by atomic mass is 16.5. The number of benzene rings is 1. The minimum atomic E-state index is -0.605. The minimum Gasteiger partial charge on any atom is -0.488 e. The Labute approximate surface area is 164 Å². The Hall–Kier alpha value is -3.09. The molecular formula is C21H24N4O3. The second-order valence-electron chi connectivity index (χ2n) is 7.24. The van der Waals surface area contributed by atoms with Crippen molar-refractivity contribution in [3.05, 3.63) is 54.2 Å². The Morgan fingerprint density at radius 2 is 2.07 bits per heavy atom. The first kappa shape index (κ1) is 18.3. The van der Waals surface area contributed by atoms with Gasteiger partial charge in [-0.25, -0.2) is 0 Å². The number of nitrogens with zero attached hydrogens (tertiary/aromatic N) is 3. The van der Waals surface area contributed by atoms with Crippen molar-refractivity contribution < 1.29 is 14.3 Å². The van der Waals surface area contributed by atoms with Gasteiger partial charge in [0.05, 0.1) is 12.2 Å².